The van der Waals surface area contributed by atoms with Crippen LogP contribution in [0.1, 0.15) is 131 Å². The summed E-state index contributed by atoms with van der Waals surface area (Å²) in [4.78, 5) is 4.88. The van der Waals surface area contributed by atoms with Crippen LogP contribution < -0.4 is 0 Å². The van der Waals surface area contributed by atoms with Gasteiger partial charge in [-0.2, -0.15) is 12.6 Å². The standard InChI is InChI=1S/2C20H33N3.2CH3.Zr/c2*1-16(2)23(17(3)4)20(22-19-13-9-6-10-14-19)21-15-18-11-7-5-8-12-18;;;/h2*5,7-8,11-12,16-17,19-20H,6,9-10,13-15H2,1-4H3;2*1H3;/q2*-2;2*-1;. The monoisotopic (exact) mass is 750 g/mol. The van der Waals surface area contributed by atoms with Gasteiger partial charge in [-0.25, -0.2) is 0 Å². The summed E-state index contributed by atoms with van der Waals surface area (Å²) in [6.07, 6.45) is 13.0. The van der Waals surface area contributed by atoms with E-state index in [4.69, 9.17) is 21.3 Å². The first kappa shape index (κ1) is 48.1. The van der Waals surface area contributed by atoms with Gasteiger partial charge in [0.15, 0.2) is 0 Å². The molecule has 0 bridgehead atoms. The summed E-state index contributed by atoms with van der Waals surface area (Å²) in [5.74, 6) is 0. The molecule has 4 rings (SSSR count). The Labute approximate surface area is 323 Å². The van der Waals surface area contributed by atoms with E-state index in [-0.39, 0.29) is 53.6 Å². The van der Waals surface area contributed by atoms with Gasteiger partial charge < -0.3 is 45.9 Å². The predicted octanol–water partition coefficient (Wildman–Crippen LogP) is 12.2. The van der Waals surface area contributed by atoms with E-state index in [9.17, 15) is 0 Å². The van der Waals surface area contributed by atoms with Crippen molar-refractivity contribution in [2.24, 2.45) is 0 Å². The Morgan fingerprint density at radius 3 is 1.04 bits per heavy atom. The van der Waals surface area contributed by atoms with E-state index in [1.54, 1.807) is 0 Å². The van der Waals surface area contributed by atoms with Gasteiger partial charge in [-0.05, 0) is 55.4 Å². The van der Waals surface area contributed by atoms with Crippen LogP contribution in [0.25, 0.3) is 21.3 Å². The summed E-state index contributed by atoms with van der Waals surface area (Å²) in [5, 5.41) is 20.3. The number of rotatable bonds is 16. The van der Waals surface area contributed by atoms with E-state index < -0.39 is 0 Å². The Balaban J connectivity index is 0.000000886. The molecule has 2 fully saturated rings. The third-order valence-electron chi connectivity index (χ3n) is 9.32. The van der Waals surface area contributed by atoms with Crippen LogP contribution in [0.2, 0.25) is 0 Å². The first-order valence-corrected chi connectivity index (χ1v) is 18.5. The third-order valence-corrected chi connectivity index (χ3v) is 9.32. The van der Waals surface area contributed by atoms with Crippen LogP contribution in [0.15, 0.2) is 60.7 Å². The van der Waals surface area contributed by atoms with E-state index >= 15 is 0 Å². The Bertz CT molecular complexity index is 922. The minimum atomic E-state index is -0.0155. The summed E-state index contributed by atoms with van der Waals surface area (Å²) < 4.78 is 0. The smallest absolute Gasteiger partial charge is 0.000655 e. The fraction of sp³-hybridized carbons (Fsp3) is 0.667. The van der Waals surface area contributed by atoms with Crippen molar-refractivity contribution in [1.29, 1.82) is 0 Å². The number of nitrogens with zero attached hydrogens (tertiary/aromatic N) is 6. The van der Waals surface area contributed by atoms with Gasteiger partial charge in [0.25, 0.3) is 0 Å². The molecule has 2 aliphatic carbocycles. The second-order valence-corrected chi connectivity index (χ2v) is 14.5. The molecule has 0 saturated heterocycles. The van der Waals surface area contributed by atoms with Crippen molar-refractivity contribution >= 4 is 0 Å². The topological polar surface area (TPSA) is 62.9 Å². The molecule has 2 aliphatic rings. The van der Waals surface area contributed by atoms with Crippen molar-refractivity contribution in [3.8, 4) is 0 Å². The van der Waals surface area contributed by atoms with E-state index in [1.165, 1.54) is 75.3 Å². The van der Waals surface area contributed by atoms with Gasteiger partial charge in [-0.1, -0.05) is 136 Å². The summed E-state index contributed by atoms with van der Waals surface area (Å²) in [6, 6.07) is 23.8. The van der Waals surface area contributed by atoms with Crippen molar-refractivity contribution in [3.05, 3.63) is 108 Å². The van der Waals surface area contributed by atoms with Crippen molar-refractivity contribution < 1.29 is 26.2 Å². The SMILES string of the molecule is CC(C)N(C(C)C)C([N-]Cc1ccccc1)[N-]C1CCCCC1.CC(C)N(C(C)C)C([N-]Cc1ccccc1)[N-]C1CCCCC1.[CH3-].[CH3-].[Zr]. The molecule has 0 radical (unpaired) electrons. The first-order valence-electron chi connectivity index (χ1n) is 18.5. The van der Waals surface area contributed by atoms with Gasteiger partial charge in [0.05, 0.1) is 0 Å². The van der Waals surface area contributed by atoms with Crippen LogP contribution in [0.3, 0.4) is 0 Å². The fourth-order valence-corrected chi connectivity index (χ4v) is 7.07. The molecule has 2 aromatic carbocycles. The zero-order valence-electron chi connectivity index (χ0n) is 33.1. The summed E-state index contributed by atoms with van der Waals surface area (Å²) in [7, 11) is 0. The zero-order chi connectivity index (χ0) is 33.3. The van der Waals surface area contributed by atoms with Gasteiger partial charge in [-0.15, -0.1) is 25.2 Å². The fourth-order valence-electron chi connectivity index (χ4n) is 7.07. The van der Waals surface area contributed by atoms with Crippen molar-refractivity contribution in [3.63, 3.8) is 0 Å². The molecule has 49 heavy (non-hydrogen) atoms. The first-order chi connectivity index (χ1) is 22.2. The van der Waals surface area contributed by atoms with Crippen molar-refractivity contribution in [2.75, 3.05) is 0 Å². The number of hydrogen-bond donors (Lipinski definition) is 0. The van der Waals surface area contributed by atoms with Gasteiger partial charge in [0.1, 0.15) is 0 Å². The maximum absolute atomic E-state index is 5.15. The molecule has 7 heteroatoms. The van der Waals surface area contributed by atoms with Gasteiger partial charge in [0, 0.05) is 50.4 Å². The molecule has 0 N–H and O–H groups in total. The molecule has 0 amide bonds. The van der Waals surface area contributed by atoms with Gasteiger partial charge >= 0.3 is 0 Å². The average molecular weight is 752 g/mol. The van der Waals surface area contributed by atoms with Crippen molar-refractivity contribution in [1.82, 2.24) is 9.80 Å². The number of benzene rings is 2. The van der Waals surface area contributed by atoms with Crippen LogP contribution in [0, 0.1) is 14.9 Å². The molecular weight excluding hydrogens is 680 g/mol. The molecule has 0 spiro atoms. The van der Waals surface area contributed by atoms with Crippen LogP contribution >= 0.6 is 0 Å². The van der Waals surface area contributed by atoms with Gasteiger partial charge in [-0.3, -0.25) is 0 Å². The van der Waals surface area contributed by atoms with Crippen LogP contribution in [0.4, 0.5) is 0 Å². The van der Waals surface area contributed by atoms with E-state index in [2.05, 4.69) is 126 Å². The Hall–Kier alpha value is -0.917. The molecule has 0 aromatic heterocycles. The predicted molar refractivity (Wildman–Crippen MR) is 212 cm³/mol. The quantitative estimate of drug-likeness (QED) is 0.160. The van der Waals surface area contributed by atoms with E-state index in [0.717, 1.165) is 13.1 Å². The molecule has 0 aliphatic heterocycles. The summed E-state index contributed by atoms with van der Waals surface area (Å²) in [6.45, 7) is 19.5. The number of hydrogen-bond acceptors (Lipinski definition) is 2. The normalized spacial score (nSPS) is 16.9. The molecule has 2 saturated carbocycles. The Kier molecular flexibility index (Phi) is 26.3. The van der Waals surface area contributed by atoms with E-state index in [1.807, 2.05) is 0 Å². The minimum absolute atomic E-state index is 0. The molecule has 0 heterocycles. The molecule has 280 valence electrons. The third kappa shape index (κ3) is 17.9. The summed E-state index contributed by atoms with van der Waals surface area (Å²) in [5.41, 5.74) is 2.53. The second kappa shape index (κ2) is 26.8. The maximum Gasteiger partial charge on any atom is 0.000655 e. The van der Waals surface area contributed by atoms with Crippen LogP contribution in [-0.4, -0.2) is 58.6 Å². The van der Waals surface area contributed by atoms with Gasteiger partial charge in [0.2, 0.25) is 0 Å². The molecule has 2 unspecified atom stereocenters. The van der Waals surface area contributed by atoms with Crippen molar-refractivity contribution in [2.45, 2.75) is 182 Å². The van der Waals surface area contributed by atoms with E-state index in [0.29, 0.717) is 36.3 Å². The second-order valence-electron chi connectivity index (χ2n) is 14.5. The van der Waals surface area contributed by atoms with Crippen LogP contribution in [-0.2, 0) is 39.3 Å². The minimum Gasteiger partial charge on any atom is -0.663 e. The molecule has 2 atom stereocenters. The Morgan fingerprint density at radius 2 is 0.776 bits per heavy atom. The maximum atomic E-state index is 5.15. The van der Waals surface area contributed by atoms with Crippen LogP contribution in [0.5, 0.6) is 0 Å². The molecule has 6 nitrogen and oxygen atoms in total. The zero-order valence-corrected chi connectivity index (χ0v) is 35.5. The Morgan fingerprint density at radius 1 is 0.490 bits per heavy atom. The largest absolute Gasteiger partial charge is 0.663 e. The molecular formula is C42H72N6Zr-6. The average Bonchev–Trinajstić information content (AvgIpc) is 3.04. The molecule has 2 aromatic rings. The summed E-state index contributed by atoms with van der Waals surface area (Å²) >= 11 is 0.